The van der Waals surface area contributed by atoms with E-state index in [2.05, 4.69) is 5.32 Å². The average molecular weight is 290 g/mol. The van der Waals surface area contributed by atoms with Gasteiger partial charge in [-0.15, -0.1) is 0 Å². The molecule has 1 aliphatic heterocycles. The van der Waals surface area contributed by atoms with Crippen LogP contribution < -0.4 is 10.1 Å². The molecule has 1 atom stereocenters. The molecule has 1 unspecified atom stereocenters. The number of urea groups is 1. The summed E-state index contributed by atoms with van der Waals surface area (Å²) in [6.45, 7) is 6.04. The molecule has 114 valence electrons. The number of amides is 3. The second-order valence-corrected chi connectivity index (χ2v) is 5.68. The molecule has 1 aromatic rings. The second-order valence-electron chi connectivity index (χ2n) is 5.68. The van der Waals surface area contributed by atoms with Crippen LogP contribution in [0.15, 0.2) is 18.2 Å². The monoisotopic (exact) mass is 290 g/mol. The smallest absolute Gasteiger partial charge is 0.325 e. The fraction of sp³-hybridized carbons (Fsp3) is 0.500. The molecule has 1 N–H and O–H groups in total. The van der Waals surface area contributed by atoms with Gasteiger partial charge in [-0.1, -0.05) is 13.0 Å². The lowest BCUT2D eigenvalue weighted by molar-refractivity contribution is -0.130. The lowest BCUT2D eigenvalue weighted by Crippen LogP contribution is -2.43. The highest BCUT2D eigenvalue weighted by Crippen LogP contribution is 2.22. The van der Waals surface area contributed by atoms with Crippen LogP contribution in [0.5, 0.6) is 5.75 Å². The van der Waals surface area contributed by atoms with Crippen molar-refractivity contribution in [2.45, 2.75) is 39.2 Å². The topological polar surface area (TPSA) is 58.6 Å². The summed E-state index contributed by atoms with van der Waals surface area (Å²) in [4.78, 5) is 25.5. The molecule has 21 heavy (non-hydrogen) atoms. The highest BCUT2D eigenvalue weighted by Gasteiger charge is 2.45. The quantitative estimate of drug-likeness (QED) is 0.846. The van der Waals surface area contributed by atoms with Crippen molar-refractivity contribution in [3.8, 4) is 5.75 Å². The van der Waals surface area contributed by atoms with Crippen molar-refractivity contribution in [2.24, 2.45) is 0 Å². The van der Waals surface area contributed by atoms with Crippen LogP contribution in [-0.2, 0) is 11.2 Å². The zero-order valence-electron chi connectivity index (χ0n) is 13.0. The normalized spacial score (nSPS) is 21.6. The van der Waals surface area contributed by atoms with Crippen molar-refractivity contribution in [1.29, 1.82) is 0 Å². The predicted molar refractivity (Wildman–Crippen MR) is 80.4 cm³/mol. The summed E-state index contributed by atoms with van der Waals surface area (Å²) in [6.07, 6.45) is 1.21. The van der Waals surface area contributed by atoms with Crippen LogP contribution in [0.4, 0.5) is 4.79 Å². The number of rotatable bonds is 5. The average Bonchev–Trinajstić information content (AvgIpc) is 2.67. The highest BCUT2D eigenvalue weighted by molar-refractivity contribution is 6.06. The van der Waals surface area contributed by atoms with E-state index in [4.69, 9.17) is 4.74 Å². The third kappa shape index (κ3) is 3.01. The number of nitrogens with one attached hydrogen (secondary N) is 1. The van der Waals surface area contributed by atoms with Gasteiger partial charge in [0.2, 0.25) is 0 Å². The molecule has 1 fully saturated rings. The molecule has 0 bridgehead atoms. The van der Waals surface area contributed by atoms with Gasteiger partial charge in [0.1, 0.15) is 11.3 Å². The first-order valence-corrected chi connectivity index (χ1v) is 7.18. The van der Waals surface area contributed by atoms with Gasteiger partial charge in [0.25, 0.3) is 5.91 Å². The first kappa shape index (κ1) is 15.4. The lowest BCUT2D eigenvalue weighted by Gasteiger charge is -2.19. The number of imide groups is 1. The van der Waals surface area contributed by atoms with E-state index < -0.39 is 5.54 Å². The summed E-state index contributed by atoms with van der Waals surface area (Å²) >= 11 is 0. The van der Waals surface area contributed by atoms with E-state index in [1.54, 1.807) is 14.0 Å². The molecule has 5 heteroatoms. The van der Waals surface area contributed by atoms with Crippen LogP contribution in [0.3, 0.4) is 0 Å². The number of carbonyl (C=O) groups is 2. The molecule has 1 aromatic carbocycles. The number of aryl methyl sites for hydroxylation is 1. The number of hydrogen-bond acceptors (Lipinski definition) is 3. The van der Waals surface area contributed by atoms with E-state index in [1.807, 2.05) is 32.0 Å². The zero-order valence-corrected chi connectivity index (χ0v) is 13.0. The molecule has 0 spiro atoms. The van der Waals surface area contributed by atoms with Gasteiger partial charge in [-0.3, -0.25) is 9.69 Å². The first-order chi connectivity index (χ1) is 9.89. The largest absolute Gasteiger partial charge is 0.497 e. The molecule has 3 amide bonds. The zero-order chi connectivity index (χ0) is 15.6. The molecule has 0 radical (unpaired) electrons. The van der Waals surface area contributed by atoms with Crippen LogP contribution in [0.2, 0.25) is 0 Å². The summed E-state index contributed by atoms with van der Waals surface area (Å²) in [5, 5.41) is 2.76. The Morgan fingerprint density at radius 3 is 2.57 bits per heavy atom. The van der Waals surface area contributed by atoms with E-state index in [1.165, 1.54) is 4.90 Å². The van der Waals surface area contributed by atoms with Crippen molar-refractivity contribution < 1.29 is 14.3 Å². The first-order valence-electron chi connectivity index (χ1n) is 7.18. The molecule has 1 aliphatic rings. The van der Waals surface area contributed by atoms with Gasteiger partial charge in [0, 0.05) is 6.54 Å². The maximum Gasteiger partial charge on any atom is 0.325 e. The summed E-state index contributed by atoms with van der Waals surface area (Å²) in [5.41, 5.74) is 1.39. The van der Waals surface area contributed by atoms with Gasteiger partial charge in [0.05, 0.1) is 7.11 Å². The van der Waals surface area contributed by atoms with Crippen molar-refractivity contribution in [2.75, 3.05) is 13.7 Å². The van der Waals surface area contributed by atoms with Crippen LogP contribution >= 0.6 is 0 Å². The van der Waals surface area contributed by atoms with Crippen LogP contribution in [0.25, 0.3) is 0 Å². The summed E-state index contributed by atoms with van der Waals surface area (Å²) in [7, 11) is 1.63. The fourth-order valence-corrected chi connectivity index (χ4v) is 2.52. The van der Waals surface area contributed by atoms with Gasteiger partial charge in [0.15, 0.2) is 0 Å². The van der Waals surface area contributed by atoms with Crippen LogP contribution in [0, 0.1) is 6.92 Å². The third-order valence-corrected chi connectivity index (χ3v) is 4.02. The molecule has 0 aromatic heterocycles. The maximum atomic E-state index is 12.3. The minimum absolute atomic E-state index is 0.144. The standard InChI is InChI=1S/C16H22N2O3/c1-5-16(3)14(19)18(15(20)17-16)7-6-12-8-11(2)9-13(10-12)21-4/h8-10H,5-7H2,1-4H3,(H,17,20). The summed E-state index contributed by atoms with van der Waals surface area (Å²) < 4.78 is 5.24. The minimum atomic E-state index is -0.763. The number of hydrogen-bond donors (Lipinski definition) is 1. The van der Waals surface area contributed by atoms with E-state index in [9.17, 15) is 9.59 Å². The summed E-state index contributed by atoms with van der Waals surface area (Å²) in [5.74, 6) is 0.648. The van der Waals surface area contributed by atoms with Gasteiger partial charge in [-0.05, 0) is 49.9 Å². The molecule has 1 saturated heterocycles. The molecule has 0 aliphatic carbocycles. The van der Waals surface area contributed by atoms with Crippen molar-refractivity contribution >= 4 is 11.9 Å². The Morgan fingerprint density at radius 2 is 2.00 bits per heavy atom. The molecular formula is C16H22N2O3. The third-order valence-electron chi connectivity index (χ3n) is 4.02. The molecule has 2 rings (SSSR count). The van der Waals surface area contributed by atoms with Gasteiger partial charge in [-0.25, -0.2) is 4.79 Å². The predicted octanol–water partition coefficient (Wildman–Crippen LogP) is 2.27. The lowest BCUT2D eigenvalue weighted by atomic mass is 9.99. The SMILES string of the molecule is CCC1(C)NC(=O)N(CCc2cc(C)cc(OC)c2)C1=O. The van der Waals surface area contributed by atoms with Crippen molar-refractivity contribution in [3.05, 3.63) is 29.3 Å². The number of benzene rings is 1. The Balaban J connectivity index is 2.08. The molecule has 0 saturated carbocycles. The van der Waals surface area contributed by atoms with Gasteiger partial charge < -0.3 is 10.1 Å². The van der Waals surface area contributed by atoms with E-state index in [0.29, 0.717) is 19.4 Å². The van der Waals surface area contributed by atoms with Gasteiger partial charge >= 0.3 is 6.03 Å². The fourth-order valence-electron chi connectivity index (χ4n) is 2.52. The van der Waals surface area contributed by atoms with Crippen LogP contribution in [0.1, 0.15) is 31.4 Å². The minimum Gasteiger partial charge on any atom is -0.497 e. The molecular weight excluding hydrogens is 268 g/mol. The summed E-state index contributed by atoms with van der Waals surface area (Å²) in [6, 6.07) is 5.62. The Labute approximate surface area is 125 Å². The second kappa shape index (κ2) is 5.76. The molecule has 5 nitrogen and oxygen atoms in total. The number of nitrogens with zero attached hydrogens (tertiary/aromatic N) is 1. The number of carbonyl (C=O) groups excluding carboxylic acids is 2. The van der Waals surface area contributed by atoms with Crippen LogP contribution in [-0.4, -0.2) is 36.0 Å². The highest BCUT2D eigenvalue weighted by atomic mass is 16.5. The molecule has 1 heterocycles. The van der Waals surface area contributed by atoms with Crippen molar-refractivity contribution in [3.63, 3.8) is 0 Å². The Morgan fingerprint density at radius 1 is 1.29 bits per heavy atom. The van der Waals surface area contributed by atoms with E-state index in [0.717, 1.165) is 16.9 Å². The Kier molecular flexibility index (Phi) is 4.21. The van der Waals surface area contributed by atoms with E-state index in [-0.39, 0.29) is 11.9 Å². The number of ether oxygens (including phenoxy) is 1. The Bertz CT molecular complexity index is 571. The maximum absolute atomic E-state index is 12.3. The van der Waals surface area contributed by atoms with Gasteiger partial charge in [-0.2, -0.15) is 0 Å². The number of methoxy groups -OCH3 is 1. The Hall–Kier alpha value is -2.04. The van der Waals surface area contributed by atoms with E-state index >= 15 is 0 Å². The van der Waals surface area contributed by atoms with Crippen molar-refractivity contribution in [1.82, 2.24) is 10.2 Å².